The van der Waals surface area contributed by atoms with Gasteiger partial charge in [0.15, 0.2) is 0 Å². The summed E-state index contributed by atoms with van der Waals surface area (Å²) in [4.78, 5) is 11.7. The molecule has 0 bridgehead atoms. The zero-order valence-electron chi connectivity index (χ0n) is 12.0. The molecule has 0 fully saturated rings. The van der Waals surface area contributed by atoms with Crippen LogP contribution in [0.2, 0.25) is 0 Å². The molecule has 2 aromatic carbocycles. The summed E-state index contributed by atoms with van der Waals surface area (Å²) in [5, 5.41) is 2.66. The van der Waals surface area contributed by atoms with Crippen molar-refractivity contribution in [1.82, 2.24) is 5.32 Å². The number of halogens is 2. The Hall–Kier alpha value is -2.43. The number of benzene rings is 2. The molecule has 2 rings (SSSR count). The number of rotatable bonds is 7. The second-order valence-electron chi connectivity index (χ2n) is 4.75. The molecule has 0 saturated carbocycles. The Balaban J connectivity index is 1.62. The number of hydrogen-bond donors (Lipinski definition) is 1. The van der Waals surface area contributed by atoms with Crippen LogP contribution in [0.1, 0.15) is 23.2 Å². The van der Waals surface area contributed by atoms with Crippen LogP contribution < -0.4 is 10.1 Å². The van der Waals surface area contributed by atoms with E-state index < -0.39 is 11.7 Å². The SMILES string of the molecule is O=C(NCCCCOc1ccc(F)cc1)c1ccccc1F. The van der Waals surface area contributed by atoms with Crippen LogP contribution in [-0.4, -0.2) is 19.1 Å². The summed E-state index contributed by atoms with van der Waals surface area (Å²) < 4.78 is 31.5. The van der Waals surface area contributed by atoms with Gasteiger partial charge < -0.3 is 10.1 Å². The molecule has 0 saturated heterocycles. The summed E-state index contributed by atoms with van der Waals surface area (Å²) in [6.07, 6.45) is 1.44. The fraction of sp³-hybridized carbons (Fsp3) is 0.235. The third-order valence-corrected chi connectivity index (χ3v) is 3.06. The number of carbonyl (C=O) groups excluding carboxylic acids is 1. The van der Waals surface area contributed by atoms with Gasteiger partial charge in [-0.05, 0) is 49.2 Å². The third kappa shape index (κ3) is 4.84. The minimum atomic E-state index is -0.528. The Morgan fingerprint density at radius 1 is 1.00 bits per heavy atom. The van der Waals surface area contributed by atoms with Gasteiger partial charge in [-0.3, -0.25) is 4.79 Å². The van der Waals surface area contributed by atoms with E-state index >= 15 is 0 Å². The highest BCUT2D eigenvalue weighted by Crippen LogP contribution is 2.11. The van der Waals surface area contributed by atoms with Gasteiger partial charge in [0, 0.05) is 6.54 Å². The number of hydrogen-bond acceptors (Lipinski definition) is 2. The van der Waals surface area contributed by atoms with Crippen LogP contribution >= 0.6 is 0 Å². The maximum absolute atomic E-state index is 13.4. The molecular weight excluding hydrogens is 288 g/mol. The Kier molecular flexibility index (Phi) is 5.89. The van der Waals surface area contributed by atoms with Crippen molar-refractivity contribution in [3.8, 4) is 5.75 Å². The van der Waals surface area contributed by atoms with E-state index in [4.69, 9.17) is 4.74 Å². The molecule has 0 heterocycles. The lowest BCUT2D eigenvalue weighted by molar-refractivity contribution is 0.0948. The molecule has 116 valence electrons. The molecule has 0 radical (unpaired) electrons. The molecule has 0 spiro atoms. The van der Waals surface area contributed by atoms with Gasteiger partial charge in [0.05, 0.1) is 12.2 Å². The lowest BCUT2D eigenvalue weighted by Gasteiger charge is -2.07. The smallest absolute Gasteiger partial charge is 0.254 e. The van der Waals surface area contributed by atoms with E-state index in [-0.39, 0.29) is 11.4 Å². The molecule has 2 aromatic rings. The number of amides is 1. The number of nitrogens with one attached hydrogen (secondary N) is 1. The first-order valence-electron chi connectivity index (χ1n) is 7.08. The average Bonchev–Trinajstić information content (AvgIpc) is 2.52. The van der Waals surface area contributed by atoms with E-state index in [1.807, 2.05) is 0 Å². The van der Waals surface area contributed by atoms with Crippen LogP contribution in [0.5, 0.6) is 5.75 Å². The summed E-state index contributed by atoms with van der Waals surface area (Å²) in [6, 6.07) is 11.7. The summed E-state index contributed by atoms with van der Waals surface area (Å²) in [6.45, 7) is 0.918. The molecule has 0 atom stereocenters. The Morgan fingerprint density at radius 2 is 1.73 bits per heavy atom. The minimum absolute atomic E-state index is 0.0464. The predicted octanol–water partition coefficient (Wildman–Crippen LogP) is 3.55. The minimum Gasteiger partial charge on any atom is -0.494 e. The summed E-state index contributed by atoms with van der Waals surface area (Å²) in [7, 11) is 0. The van der Waals surface area contributed by atoms with Gasteiger partial charge in [-0.2, -0.15) is 0 Å². The molecular formula is C17H17F2NO2. The van der Waals surface area contributed by atoms with Gasteiger partial charge in [-0.25, -0.2) is 8.78 Å². The molecule has 22 heavy (non-hydrogen) atoms. The van der Waals surface area contributed by atoms with Crippen molar-refractivity contribution in [2.45, 2.75) is 12.8 Å². The van der Waals surface area contributed by atoms with Crippen molar-refractivity contribution in [2.75, 3.05) is 13.2 Å². The van der Waals surface area contributed by atoms with Gasteiger partial charge in [-0.15, -0.1) is 0 Å². The number of unbranched alkanes of at least 4 members (excludes halogenated alkanes) is 1. The van der Waals surface area contributed by atoms with Crippen molar-refractivity contribution >= 4 is 5.91 Å². The Morgan fingerprint density at radius 3 is 2.45 bits per heavy atom. The van der Waals surface area contributed by atoms with Crippen LogP contribution in [0.3, 0.4) is 0 Å². The predicted molar refractivity (Wildman–Crippen MR) is 79.9 cm³/mol. The summed E-state index contributed by atoms with van der Waals surface area (Å²) in [5.41, 5.74) is 0.0464. The zero-order chi connectivity index (χ0) is 15.8. The quantitative estimate of drug-likeness (QED) is 0.794. The molecule has 0 aromatic heterocycles. The zero-order valence-corrected chi connectivity index (χ0v) is 12.0. The number of ether oxygens (including phenoxy) is 1. The first-order valence-corrected chi connectivity index (χ1v) is 7.08. The second kappa shape index (κ2) is 8.12. The van der Waals surface area contributed by atoms with Gasteiger partial charge in [-0.1, -0.05) is 12.1 Å². The highest BCUT2D eigenvalue weighted by Gasteiger charge is 2.09. The molecule has 1 N–H and O–H groups in total. The first kappa shape index (κ1) is 15.9. The van der Waals surface area contributed by atoms with Crippen molar-refractivity contribution in [3.05, 3.63) is 65.7 Å². The maximum atomic E-state index is 13.4. The lowest BCUT2D eigenvalue weighted by atomic mass is 10.2. The normalized spacial score (nSPS) is 10.3. The molecule has 0 aliphatic rings. The fourth-order valence-corrected chi connectivity index (χ4v) is 1.89. The van der Waals surface area contributed by atoms with Crippen molar-refractivity contribution in [3.63, 3.8) is 0 Å². The Bertz CT molecular complexity index is 614. The molecule has 0 aliphatic carbocycles. The van der Waals surface area contributed by atoms with Crippen molar-refractivity contribution < 1.29 is 18.3 Å². The highest BCUT2D eigenvalue weighted by atomic mass is 19.1. The molecule has 0 aliphatic heterocycles. The monoisotopic (exact) mass is 305 g/mol. The van der Waals surface area contributed by atoms with Crippen LogP contribution in [0.4, 0.5) is 8.78 Å². The van der Waals surface area contributed by atoms with E-state index in [0.717, 1.165) is 6.42 Å². The van der Waals surface area contributed by atoms with Gasteiger partial charge in [0.1, 0.15) is 17.4 Å². The van der Waals surface area contributed by atoms with Crippen molar-refractivity contribution in [2.24, 2.45) is 0 Å². The van der Waals surface area contributed by atoms with Gasteiger partial charge in [0.2, 0.25) is 0 Å². The lowest BCUT2D eigenvalue weighted by Crippen LogP contribution is -2.25. The van der Waals surface area contributed by atoms with E-state index in [0.29, 0.717) is 25.3 Å². The molecule has 0 unspecified atom stereocenters. The first-order chi connectivity index (χ1) is 10.7. The third-order valence-electron chi connectivity index (χ3n) is 3.06. The van der Waals surface area contributed by atoms with E-state index in [2.05, 4.69) is 5.32 Å². The maximum Gasteiger partial charge on any atom is 0.254 e. The highest BCUT2D eigenvalue weighted by molar-refractivity contribution is 5.94. The van der Waals surface area contributed by atoms with Gasteiger partial charge >= 0.3 is 0 Å². The summed E-state index contributed by atoms with van der Waals surface area (Å²) >= 11 is 0. The van der Waals surface area contributed by atoms with Crippen LogP contribution in [0, 0.1) is 11.6 Å². The van der Waals surface area contributed by atoms with E-state index in [1.165, 1.54) is 24.3 Å². The largest absolute Gasteiger partial charge is 0.494 e. The number of carbonyl (C=O) groups is 1. The fourth-order valence-electron chi connectivity index (χ4n) is 1.89. The molecule has 5 heteroatoms. The Labute approximate surface area is 127 Å². The topological polar surface area (TPSA) is 38.3 Å². The van der Waals surface area contributed by atoms with Crippen LogP contribution in [0.15, 0.2) is 48.5 Å². The molecule has 1 amide bonds. The molecule has 3 nitrogen and oxygen atoms in total. The van der Waals surface area contributed by atoms with Gasteiger partial charge in [0.25, 0.3) is 5.91 Å². The van der Waals surface area contributed by atoms with E-state index in [1.54, 1.807) is 24.3 Å². The van der Waals surface area contributed by atoms with Crippen LogP contribution in [0.25, 0.3) is 0 Å². The second-order valence-corrected chi connectivity index (χ2v) is 4.75. The summed E-state index contributed by atoms with van der Waals surface area (Å²) in [5.74, 6) is -0.641. The van der Waals surface area contributed by atoms with Crippen molar-refractivity contribution in [1.29, 1.82) is 0 Å². The standard InChI is InChI=1S/C17H17F2NO2/c18-13-7-9-14(10-8-13)22-12-4-3-11-20-17(21)15-5-1-2-6-16(15)19/h1-2,5-10H,3-4,11-12H2,(H,20,21). The van der Waals surface area contributed by atoms with E-state index in [9.17, 15) is 13.6 Å². The van der Waals surface area contributed by atoms with Crippen LogP contribution in [-0.2, 0) is 0 Å². The average molecular weight is 305 g/mol.